The quantitative estimate of drug-likeness (QED) is 0.849. The van der Waals surface area contributed by atoms with Crippen molar-refractivity contribution in [2.24, 2.45) is 18.7 Å². The minimum Gasteiger partial charge on any atom is -0.369 e. The average molecular weight is 311 g/mol. The van der Waals surface area contributed by atoms with E-state index in [1.165, 1.54) is 6.08 Å². The van der Waals surface area contributed by atoms with Crippen molar-refractivity contribution in [3.63, 3.8) is 0 Å². The molecular formula is C14H19ClN4O2. The number of rotatable bonds is 3. The first-order valence-corrected chi connectivity index (χ1v) is 7.23. The summed E-state index contributed by atoms with van der Waals surface area (Å²) in [6, 6.07) is 0. The van der Waals surface area contributed by atoms with E-state index in [1.807, 2.05) is 6.92 Å². The molecule has 0 atom stereocenters. The number of hydrogen-bond acceptors (Lipinski definition) is 3. The lowest BCUT2D eigenvalue weighted by atomic mass is 9.96. The topological polar surface area (TPSA) is 81.2 Å². The Morgan fingerprint density at radius 3 is 2.48 bits per heavy atom. The molecule has 2 amide bonds. The Hall–Kier alpha value is -1.82. The monoisotopic (exact) mass is 310 g/mol. The van der Waals surface area contributed by atoms with Crippen LogP contribution in [-0.2, 0) is 16.6 Å². The molecule has 2 heterocycles. The lowest BCUT2D eigenvalue weighted by Gasteiger charge is -2.29. The van der Waals surface area contributed by atoms with Gasteiger partial charge in [0, 0.05) is 37.7 Å². The van der Waals surface area contributed by atoms with Gasteiger partial charge in [-0.25, -0.2) is 0 Å². The largest absolute Gasteiger partial charge is 0.369 e. The fourth-order valence-corrected chi connectivity index (χ4v) is 2.72. The number of hydrogen-bond donors (Lipinski definition) is 1. The van der Waals surface area contributed by atoms with Crippen LogP contribution in [-0.4, -0.2) is 39.6 Å². The fraction of sp³-hybridized carbons (Fsp3) is 0.500. The molecule has 1 aliphatic heterocycles. The highest BCUT2D eigenvalue weighted by atomic mass is 35.5. The number of carbonyl (C=O) groups excluding carboxylic acids is 2. The average Bonchev–Trinajstić information content (AvgIpc) is 2.70. The number of carbonyl (C=O) groups is 2. The van der Waals surface area contributed by atoms with Gasteiger partial charge in [0.15, 0.2) is 0 Å². The second-order valence-electron chi connectivity index (χ2n) is 5.25. The van der Waals surface area contributed by atoms with Crippen molar-refractivity contribution in [1.82, 2.24) is 14.7 Å². The van der Waals surface area contributed by atoms with Crippen molar-refractivity contribution in [3.05, 3.63) is 22.5 Å². The molecular weight excluding hydrogens is 292 g/mol. The number of amides is 2. The van der Waals surface area contributed by atoms with E-state index in [9.17, 15) is 9.59 Å². The molecule has 7 heteroatoms. The number of aryl methyl sites for hydroxylation is 2. The van der Waals surface area contributed by atoms with E-state index in [4.69, 9.17) is 17.3 Å². The first kappa shape index (κ1) is 15.6. The van der Waals surface area contributed by atoms with Crippen molar-refractivity contribution in [2.75, 3.05) is 13.1 Å². The molecule has 2 rings (SSSR count). The highest BCUT2D eigenvalue weighted by Gasteiger charge is 2.24. The Morgan fingerprint density at radius 1 is 1.38 bits per heavy atom. The lowest BCUT2D eigenvalue weighted by Crippen LogP contribution is -2.41. The molecule has 1 aliphatic rings. The van der Waals surface area contributed by atoms with Crippen LogP contribution < -0.4 is 5.73 Å². The molecule has 6 nitrogen and oxygen atoms in total. The summed E-state index contributed by atoms with van der Waals surface area (Å²) in [6.45, 7) is 2.95. The second-order valence-corrected chi connectivity index (χ2v) is 5.61. The van der Waals surface area contributed by atoms with Gasteiger partial charge in [-0.1, -0.05) is 11.6 Å². The van der Waals surface area contributed by atoms with Crippen molar-refractivity contribution >= 4 is 29.5 Å². The molecule has 1 aromatic rings. The Morgan fingerprint density at radius 2 is 2.00 bits per heavy atom. The number of nitrogens with two attached hydrogens (primary N) is 1. The maximum atomic E-state index is 12.1. The molecule has 1 aromatic heterocycles. The Kier molecular flexibility index (Phi) is 4.67. The van der Waals surface area contributed by atoms with E-state index in [2.05, 4.69) is 5.10 Å². The van der Waals surface area contributed by atoms with Gasteiger partial charge in [0.1, 0.15) is 5.15 Å². The van der Waals surface area contributed by atoms with Crippen LogP contribution >= 0.6 is 11.6 Å². The first-order chi connectivity index (χ1) is 9.90. The summed E-state index contributed by atoms with van der Waals surface area (Å²) in [6.07, 6.45) is 4.44. The number of primary amides is 1. The standard InChI is InChI=1S/C14H19ClN4O2/c1-9-11(13(15)18(2)17-9)3-4-12(20)19-7-5-10(6-8-19)14(16)21/h3-4,10H,5-8H2,1-2H3,(H2,16,21)/b4-3+. The molecule has 0 aromatic carbocycles. The van der Waals surface area contributed by atoms with Crippen molar-refractivity contribution < 1.29 is 9.59 Å². The molecule has 1 fully saturated rings. The molecule has 0 spiro atoms. The van der Waals surface area contributed by atoms with Crippen molar-refractivity contribution in [1.29, 1.82) is 0 Å². The summed E-state index contributed by atoms with van der Waals surface area (Å²) in [5.74, 6) is -0.485. The first-order valence-electron chi connectivity index (χ1n) is 6.85. The highest BCUT2D eigenvalue weighted by molar-refractivity contribution is 6.31. The lowest BCUT2D eigenvalue weighted by molar-refractivity contribution is -0.130. The molecule has 0 aliphatic carbocycles. The Balaban J connectivity index is 1.99. The van der Waals surface area contributed by atoms with Crippen LogP contribution in [0.5, 0.6) is 0 Å². The van der Waals surface area contributed by atoms with Gasteiger partial charge in [-0.05, 0) is 25.8 Å². The zero-order valence-corrected chi connectivity index (χ0v) is 12.9. The maximum absolute atomic E-state index is 12.1. The predicted molar refractivity (Wildman–Crippen MR) is 80.5 cm³/mol. The molecule has 2 N–H and O–H groups in total. The number of halogens is 1. The smallest absolute Gasteiger partial charge is 0.246 e. The number of piperidine rings is 1. The molecule has 0 radical (unpaired) electrons. The van der Waals surface area contributed by atoms with Crippen LogP contribution in [0.15, 0.2) is 6.08 Å². The molecule has 0 saturated carbocycles. The molecule has 21 heavy (non-hydrogen) atoms. The maximum Gasteiger partial charge on any atom is 0.246 e. The van der Waals surface area contributed by atoms with Gasteiger partial charge in [0.2, 0.25) is 11.8 Å². The van der Waals surface area contributed by atoms with Gasteiger partial charge in [-0.3, -0.25) is 14.3 Å². The van der Waals surface area contributed by atoms with Crippen LogP contribution in [0.4, 0.5) is 0 Å². The van der Waals surface area contributed by atoms with E-state index >= 15 is 0 Å². The summed E-state index contributed by atoms with van der Waals surface area (Å²) in [4.78, 5) is 24.9. The van der Waals surface area contributed by atoms with E-state index in [1.54, 1.807) is 22.7 Å². The second kappa shape index (κ2) is 6.30. The molecule has 114 valence electrons. The zero-order chi connectivity index (χ0) is 15.6. The molecule has 0 bridgehead atoms. The van der Waals surface area contributed by atoms with Gasteiger partial charge >= 0.3 is 0 Å². The van der Waals surface area contributed by atoms with Gasteiger partial charge in [0.25, 0.3) is 0 Å². The van der Waals surface area contributed by atoms with Crippen LogP contribution in [0.25, 0.3) is 6.08 Å². The van der Waals surface area contributed by atoms with Gasteiger partial charge in [0.05, 0.1) is 5.69 Å². The van der Waals surface area contributed by atoms with Gasteiger partial charge in [-0.15, -0.1) is 0 Å². The van der Waals surface area contributed by atoms with E-state index in [0.29, 0.717) is 31.1 Å². The summed E-state index contributed by atoms with van der Waals surface area (Å²) in [7, 11) is 1.75. The molecule has 0 unspecified atom stereocenters. The fourth-order valence-electron chi connectivity index (χ4n) is 2.48. The SMILES string of the molecule is Cc1nn(C)c(Cl)c1/C=C/C(=O)N1CCC(C(N)=O)CC1. The van der Waals surface area contributed by atoms with Crippen molar-refractivity contribution in [3.8, 4) is 0 Å². The highest BCUT2D eigenvalue weighted by Crippen LogP contribution is 2.21. The predicted octanol–water partition coefficient (Wildman–Crippen LogP) is 1.12. The molecule has 1 saturated heterocycles. The number of nitrogens with zero attached hydrogens (tertiary/aromatic N) is 3. The van der Waals surface area contributed by atoms with E-state index in [0.717, 1.165) is 11.3 Å². The van der Waals surface area contributed by atoms with E-state index in [-0.39, 0.29) is 17.7 Å². The third-order valence-corrected chi connectivity index (χ3v) is 4.25. The summed E-state index contributed by atoms with van der Waals surface area (Å²) >= 11 is 6.11. The van der Waals surface area contributed by atoms with Crippen LogP contribution in [0, 0.1) is 12.8 Å². The summed E-state index contributed by atoms with van der Waals surface area (Å²) < 4.78 is 1.57. The number of aromatic nitrogens is 2. The van der Waals surface area contributed by atoms with E-state index < -0.39 is 0 Å². The Bertz CT molecular complexity index is 586. The van der Waals surface area contributed by atoms with Gasteiger partial charge in [-0.2, -0.15) is 5.10 Å². The van der Waals surface area contributed by atoms with Crippen LogP contribution in [0.1, 0.15) is 24.1 Å². The van der Waals surface area contributed by atoms with Crippen molar-refractivity contribution in [2.45, 2.75) is 19.8 Å². The minimum absolute atomic E-state index is 0.0859. The Labute approximate surface area is 128 Å². The minimum atomic E-state index is -0.282. The van der Waals surface area contributed by atoms with Gasteiger partial charge < -0.3 is 10.6 Å². The third kappa shape index (κ3) is 3.44. The normalized spacial score (nSPS) is 16.6. The zero-order valence-electron chi connectivity index (χ0n) is 12.2. The van der Waals surface area contributed by atoms with Crippen LogP contribution in [0.2, 0.25) is 5.15 Å². The summed E-state index contributed by atoms with van der Waals surface area (Å²) in [5.41, 5.74) is 6.81. The number of likely N-dealkylation sites (tertiary alicyclic amines) is 1. The van der Waals surface area contributed by atoms with Crippen LogP contribution in [0.3, 0.4) is 0 Å². The third-order valence-electron chi connectivity index (χ3n) is 3.80. The summed E-state index contributed by atoms with van der Waals surface area (Å²) in [5, 5.41) is 4.69.